The second-order valence-corrected chi connectivity index (χ2v) is 7.99. The van der Waals surface area contributed by atoms with Gasteiger partial charge >= 0.3 is 5.97 Å². The number of halogens is 2. The molecule has 0 aliphatic rings. The molecule has 0 radical (unpaired) electrons. The van der Waals surface area contributed by atoms with Crippen LogP contribution < -0.4 is 4.74 Å². The minimum atomic E-state index is -0.887. The highest BCUT2D eigenvalue weighted by Gasteiger charge is 2.14. The van der Waals surface area contributed by atoms with Crippen molar-refractivity contribution in [1.82, 2.24) is 14.8 Å². The van der Waals surface area contributed by atoms with Gasteiger partial charge in [-0.3, -0.25) is 4.79 Å². The zero-order valence-corrected chi connectivity index (χ0v) is 18.3. The molecule has 1 aromatic heterocycles. The first kappa shape index (κ1) is 21.8. The number of hydrogen-bond donors (Lipinski definition) is 1. The van der Waals surface area contributed by atoms with Gasteiger partial charge in [0.15, 0.2) is 5.16 Å². The Morgan fingerprint density at radius 3 is 2.89 bits per heavy atom. The van der Waals surface area contributed by atoms with Crippen molar-refractivity contribution in [1.29, 1.82) is 0 Å². The second-order valence-electron chi connectivity index (χ2n) is 5.88. The Bertz CT molecular complexity index is 842. The first-order valence-electron chi connectivity index (χ1n) is 8.30. The summed E-state index contributed by atoms with van der Waals surface area (Å²) in [6.45, 7) is 8.68. The van der Waals surface area contributed by atoms with Crippen LogP contribution in [0.15, 0.2) is 28.4 Å². The fourth-order valence-corrected chi connectivity index (χ4v) is 3.84. The Balaban J connectivity index is 1.97. The number of thioether (sulfide) groups is 1. The number of nitrogens with zero attached hydrogens (tertiary/aromatic N) is 3. The third-order valence-corrected chi connectivity index (χ3v) is 6.32. The number of aryl methyl sites for hydroxylation is 2. The maximum atomic E-state index is 10.8. The number of hydrogen-bond acceptors (Lipinski definition) is 5. The molecule has 146 valence electrons. The Labute approximate surface area is 176 Å². The highest BCUT2D eigenvalue weighted by atomic mass is 79.9. The Hall–Kier alpha value is -1.51. The van der Waals surface area contributed by atoms with Crippen LogP contribution in [0.25, 0.3) is 0 Å². The fraction of sp³-hybridized carbons (Fsp3) is 0.389. The van der Waals surface area contributed by atoms with Crippen molar-refractivity contribution < 1.29 is 14.6 Å². The van der Waals surface area contributed by atoms with Crippen LogP contribution in [0, 0.1) is 13.8 Å². The predicted octanol–water partition coefficient (Wildman–Crippen LogP) is 4.69. The fourth-order valence-electron chi connectivity index (χ4n) is 2.47. The lowest BCUT2D eigenvalue weighted by atomic mass is 10.1. The monoisotopic (exact) mass is 473 g/mol. The van der Waals surface area contributed by atoms with Crippen LogP contribution in [0.5, 0.6) is 5.75 Å². The molecule has 9 heteroatoms. The van der Waals surface area contributed by atoms with Crippen LogP contribution in [0.2, 0.25) is 5.02 Å². The first-order chi connectivity index (χ1) is 12.8. The smallest absolute Gasteiger partial charge is 0.313 e. The lowest BCUT2D eigenvalue weighted by molar-refractivity contribution is -0.133. The number of carboxylic acids is 1. The van der Waals surface area contributed by atoms with Crippen molar-refractivity contribution in [3.05, 3.63) is 45.2 Å². The van der Waals surface area contributed by atoms with E-state index in [2.05, 4.69) is 32.7 Å². The second kappa shape index (κ2) is 10.1. The summed E-state index contributed by atoms with van der Waals surface area (Å²) in [6, 6.07) is 1.92. The average Bonchev–Trinajstić information content (AvgIpc) is 3.01. The Morgan fingerprint density at radius 1 is 1.48 bits per heavy atom. The Morgan fingerprint density at radius 2 is 2.22 bits per heavy atom. The van der Waals surface area contributed by atoms with E-state index in [-0.39, 0.29) is 5.75 Å². The topological polar surface area (TPSA) is 77.2 Å². The number of carbonyl (C=O) groups is 1. The quantitative estimate of drug-likeness (QED) is 0.306. The molecule has 0 saturated heterocycles. The molecule has 0 amide bonds. The van der Waals surface area contributed by atoms with E-state index in [0.29, 0.717) is 24.7 Å². The average molecular weight is 475 g/mol. The normalized spacial score (nSPS) is 10.8. The van der Waals surface area contributed by atoms with Gasteiger partial charge in [0.25, 0.3) is 0 Å². The molecule has 6 nitrogen and oxygen atoms in total. The highest BCUT2D eigenvalue weighted by Crippen LogP contribution is 2.35. The van der Waals surface area contributed by atoms with Crippen molar-refractivity contribution >= 4 is 45.3 Å². The lowest BCUT2D eigenvalue weighted by Crippen LogP contribution is -2.08. The predicted molar refractivity (Wildman–Crippen MR) is 111 cm³/mol. The largest absolute Gasteiger partial charge is 0.492 e. The molecule has 1 heterocycles. The number of benzene rings is 1. The van der Waals surface area contributed by atoms with Gasteiger partial charge in [-0.25, -0.2) is 0 Å². The number of ether oxygens (including phenoxy) is 1. The number of aliphatic carboxylic acids is 1. The summed E-state index contributed by atoms with van der Waals surface area (Å²) in [5.74, 6) is 0.609. The standard InChI is InChI=1S/C18H21BrClN3O3S/c1-4-7-23-14(21-22-18(23)27-10-15(24)25)6-5-8-26-13-9-11(2)17(20)12(3)16(13)19/h4,9H,1,5-8,10H2,2-3H3,(H,24,25). The summed E-state index contributed by atoms with van der Waals surface area (Å²) >= 11 is 10.9. The van der Waals surface area contributed by atoms with E-state index < -0.39 is 5.97 Å². The molecule has 0 aliphatic heterocycles. The molecule has 0 saturated carbocycles. The van der Waals surface area contributed by atoms with Crippen molar-refractivity contribution in [3.63, 3.8) is 0 Å². The minimum Gasteiger partial charge on any atom is -0.492 e. The molecule has 1 N–H and O–H groups in total. The number of rotatable bonds is 10. The summed E-state index contributed by atoms with van der Waals surface area (Å²) in [5, 5.41) is 18.4. The van der Waals surface area contributed by atoms with Crippen LogP contribution in [-0.4, -0.2) is 38.2 Å². The molecule has 0 spiro atoms. The number of aromatic nitrogens is 3. The van der Waals surface area contributed by atoms with Gasteiger partial charge in [-0.1, -0.05) is 29.4 Å². The van der Waals surface area contributed by atoms with Crippen molar-refractivity contribution in [2.75, 3.05) is 12.4 Å². The maximum absolute atomic E-state index is 10.8. The molecule has 2 aromatic rings. The number of carboxylic acid groups (broad SMARTS) is 1. The van der Waals surface area contributed by atoms with Gasteiger partial charge in [-0.15, -0.1) is 16.8 Å². The van der Waals surface area contributed by atoms with Gasteiger partial charge in [0.05, 0.1) is 16.8 Å². The van der Waals surface area contributed by atoms with Gasteiger partial charge in [0.2, 0.25) is 0 Å². The third-order valence-electron chi connectivity index (χ3n) is 3.80. The van der Waals surface area contributed by atoms with Crippen LogP contribution in [0.3, 0.4) is 0 Å². The molecule has 0 aliphatic carbocycles. The van der Waals surface area contributed by atoms with E-state index in [1.807, 2.05) is 24.5 Å². The van der Waals surface area contributed by atoms with E-state index >= 15 is 0 Å². The van der Waals surface area contributed by atoms with Crippen LogP contribution in [0.1, 0.15) is 23.4 Å². The SMILES string of the molecule is C=CCn1c(CCCOc2cc(C)c(Cl)c(C)c2Br)nnc1SCC(=O)O. The minimum absolute atomic E-state index is 0.0539. The summed E-state index contributed by atoms with van der Waals surface area (Å²) in [7, 11) is 0. The molecule has 27 heavy (non-hydrogen) atoms. The van der Waals surface area contributed by atoms with E-state index in [4.69, 9.17) is 21.4 Å². The zero-order chi connectivity index (χ0) is 20.0. The first-order valence-corrected chi connectivity index (χ1v) is 10.5. The maximum Gasteiger partial charge on any atom is 0.313 e. The van der Waals surface area contributed by atoms with Gasteiger partial charge in [-0.2, -0.15) is 0 Å². The zero-order valence-electron chi connectivity index (χ0n) is 15.2. The molecule has 2 rings (SSSR count). The van der Waals surface area contributed by atoms with Gasteiger partial charge < -0.3 is 14.4 Å². The van der Waals surface area contributed by atoms with Crippen molar-refractivity contribution in [2.45, 2.75) is 38.4 Å². The van der Waals surface area contributed by atoms with Crippen molar-refractivity contribution in [2.24, 2.45) is 0 Å². The summed E-state index contributed by atoms with van der Waals surface area (Å²) in [5.41, 5.74) is 1.93. The lowest BCUT2D eigenvalue weighted by Gasteiger charge is -2.13. The van der Waals surface area contributed by atoms with E-state index in [0.717, 1.165) is 50.4 Å². The Kier molecular flexibility index (Phi) is 8.19. The highest BCUT2D eigenvalue weighted by molar-refractivity contribution is 9.10. The summed E-state index contributed by atoms with van der Waals surface area (Å²) < 4.78 is 8.64. The molecular weight excluding hydrogens is 454 g/mol. The van der Waals surface area contributed by atoms with Gasteiger partial charge in [-0.05, 0) is 53.4 Å². The van der Waals surface area contributed by atoms with Crippen molar-refractivity contribution in [3.8, 4) is 5.75 Å². The van der Waals surface area contributed by atoms with Gasteiger partial charge in [0, 0.05) is 18.0 Å². The van der Waals surface area contributed by atoms with Crippen LogP contribution in [0.4, 0.5) is 0 Å². The molecular formula is C18H21BrClN3O3S. The van der Waals surface area contributed by atoms with Crippen LogP contribution >= 0.6 is 39.3 Å². The van der Waals surface area contributed by atoms with Crippen LogP contribution in [-0.2, 0) is 17.8 Å². The molecule has 1 aromatic carbocycles. The summed E-state index contributed by atoms with van der Waals surface area (Å²) in [6.07, 6.45) is 3.15. The molecule has 0 fully saturated rings. The number of allylic oxidation sites excluding steroid dienone is 1. The van der Waals surface area contributed by atoms with Gasteiger partial charge in [0.1, 0.15) is 11.6 Å². The summed E-state index contributed by atoms with van der Waals surface area (Å²) in [4.78, 5) is 10.8. The molecule has 0 unspecified atom stereocenters. The van der Waals surface area contributed by atoms with E-state index in [1.165, 1.54) is 0 Å². The molecule has 0 atom stereocenters. The van der Waals surface area contributed by atoms with E-state index in [9.17, 15) is 4.79 Å². The molecule has 0 bridgehead atoms. The van der Waals surface area contributed by atoms with E-state index in [1.54, 1.807) is 6.08 Å². The third kappa shape index (κ3) is 5.73.